The molecule has 0 saturated carbocycles. The third-order valence-electron chi connectivity index (χ3n) is 4.49. The molecular weight excluding hydrogens is 422 g/mol. The van der Waals surface area contributed by atoms with E-state index in [2.05, 4.69) is 25.6 Å². The molecule has 1 amide bonds. The summed E-state index contributed by atoms with van der Waals surface area (Å²) >= 11 is 7.52. The fourth-order valence-corrected chi connectivity index (χ4v) is 3.85. The van der Waals surface area contributed by atoms with Gasteiger partial charge < -0.3 is 5.32 Å². The number of hydrogen-bond acceptors (Lipinski definition) is 6. The molecule has 0 radical (unpaired) electrons. The van der Waals surface area contributed by atoms with Crippen LogP contribution >= 0.6 is 23.4 Å². The summed E-state index contributed by atoms with van der Waals surface area (Å²) in [5.41, 5.74) is 3.26. The Balaban J connectivity index is 1.43. The monoisotopic (exact) mass is 441 g/mol. The van der Waals surface area contributed by atoms with Gasteiger partial charge in [-0.3, -0.25) is 9.36 Å². The van der Waals surface area contributed by atoms with E-state index in [1.807, 2.05) is 49.7 Å². The van der Waals surface area contributed by atoms with E-state index < -0.39 is 0 Å². The van der Waals surface area contributed by atoms with E-state index in [4.69, 9.17) is 11.6 Å². The second-order valence-electron chi connectivity index (χ2n) is 7.07. The fraction of sp³-hybridized carbons (Fsp3) is 0.250. The number of nitrogens with zero attached hydrogens (tertiary/aromatic N) is 6. The first-order chi connectivity index (χ1) is 14.4. The van der Waals surface area contributed by atoms with Crippen LogP contribution in [0.2, 0.25) is 5.02 Å². The zero-order valence-electron chi connectivity index (χ0n) is 16.7. The molecule has 154 valence electrons. The van der Waals surface area contributed by atoms with Gasteiger partial charge in [0.15, 0.2) is 10.8 Å². The zero-order valence-corrected chi connectivity index (χ0v) is 18.3. The Morgan fingerprint density at radius 2 is 2.10 bits per heavy atom. The minimum absolute atomic E-state index is 0.158. The molecule has 0 fully saturated rings. The molecule has 0 bridgehead atoms. The van der Waals surface area contributed by atoms with Gasteiger partial charge in [0.1, 0.15) is 6.33 Å². The van der Waals surface area contributed by atoms with E-state index >= 15 is 0 Å². The van der Waals surface area contributed by atoms with Gasteiger partial charge in [0.25, 0.3) is 0 Å². The Kier molecular flexibility index (Phi) is 5.74. The normalized spacial score (nSPS) is 11.4. The Hall–Kier alpha value is -2.91. The average Bonchev–Trinajstić information content (AvgIpc) is 3.35. The summed E-state index contributed by atoms with van der Waals surface area (Å²) in [6.45, 7) is 6.03. The Morgan fingerprint density at radius 1 is 1.27 bits per heavy atom. The predicted molar refractivity (Wildman–Crippen MR) is 118 cm³/mol. The number of anilines is 1. The standard InChI is InChI=1S/C20H20ClN7OS/c1-12(2)28-19-14(8-24-28)6-15(9-22-19)25-18(29)10-30-20-26-23-11-27(20)16-5-4-13(3)17(21)7-16/h4-9,11-12H,10H2,1-3H3,(H,25,29). The molecule has 8 nitrogen and oxygen atoms in total. The molecule has 3 aromatic heterocycles. The number of pyridine rings is 1. The van der Waals surface area contributed by atoms with Crippen molar-refractivity contribution in [2.45, 2.75) is 32.0 Å². The number of hydrogen-bond donors (Lipinski definition) is 1. The second-order valence-corrected chi connectivity index (χ2v) is 8.42. The van der Waals surface area contributed by atoms with Crippen LogP contribution in [-0.4, -0.2) is 41.2 Å². The summed E-state index contributed by atoms with van der Waals surface area (Å²) in [4.78, 5) is 16.9. The van der Waals surface area contributed by atoms with Crippen molar-refractivity contribution >= 4 is 46.0 Å². The highest BCUT2D eigenvalue weighted by Gasteiger charge is 2.13. The number of halogens is 1. The molecule has 4 aromatic rings. The molecule has 1 N–H and O–H groups in total. The van der Waals surface area contributed by atoms with Gasteiger partial charge in [-0.1, -0.05) is 29.4 Å². The summed E-state index contributed by atoms with van der Waals surface area (Å²) < 4.78 is 3.65. The maximum absolute atomic E-state index is 12.4. The molecule has 0 aliphatic rings. The molecule has 0 aliphatic heterocycles. The number of nitrogens with one attached hydrogen (secondary N) is 1. The molecule has 30 heavy (non-hydrogen) atoms. The summed E-state index contributed by atoms with van der Waals surface area (Å²) in [5, 5.41) is 17.4. The number of amides is 1. The van der Waals surface area contributed by atoms with Crippen molar-refractivity contribution in [1.29, 1.82) is 0 Å². The first kappa shape index (κ1) is 20.4. The van der Waals surface area contributed by atoms with E-state index in [1.54, 1.807) is 23.3 Å². The van der Waals surface area contributed by atoms with Crippen LogP contribution in [0, 0.1) is 6.92 Å². The van der Waals surface area contributed by atoms with E-state index in [-0.39, 0.29) is 17.7 Å². The van der Waals surface area contributed by atoms with Crippen molar-refractivity contribution in [3.8, 4) is 5.69 Å². The minimum Gasteiger partial charge on any atom is -0.324 e. The zero-order chi connectivity index (χ0) is 21.3. The van der Waals surface area contributed by atoms with Crippen molar-refractivity contribution in [3.63, 3.8) is 0 Å². The highest BCUT2D eigenvalue weighted by Crippen LogP contribution is 2.24. The maximum atomic E-state index is 12.4. The van der Waals surface area contributed by atoms with Crippen LogP contribution in [0.4, 0.5) is 5.69 Å². The smallest absolute Gasteiger partial charge is 0.234 e. The van der Waals surface area contributed by atoms with Crippen LogP contribution in [0.25, 0.3) is 16.7 Å². The highest BCUT2D eigenvalue weighted by atomic mass is 35.5. The van der Waals surface area contributed by atoms with Gasteiger partial charge in [0.2, 0.25) is 5.91 Å². The topological polar surface area (TPSA) is 90.5 Å². The van der Waals surface area contributed by atoms with E-state index in [0.29, 0.717) is 15.9 Å². The fourth-order valence-electron chi connectivity index (χ4n) is 2.95. The third kappa shape index (κ3) is 4.17. The first-order valence-electron chi connectivity index (χ1n) is 9.35. The molecule has 0 aliphatic carbocycles. The number of fused-ring (bicyclic) bond motifs is 1. The molecular formula is C20H20ClN7OS. The van der Waals surface area contributed by atoms with Gasteiger partial charge in [-0.25, -0.2) is 9.67 Å². The van der Waals surface area contributed by atoms with Crippen LogP contribution in [0.1, 0.15) is 25.5 Å². The highest BCUT2D eigenvalue weighted by molar-refractivity contribution is 7.99. The lowest BCUT2D eigenvalue weighted by atomic mass is 10.2. The van der Waals surface area contributed by atoms with Gasteiger partial charge in [-0.15, -0.1) is 10.2 Å². The summed E-state index contributed by atoms with van der Waals surface area (Å²) in [6.07, 6.45) is 5.00. The SMILES string of the molecule is Cc1ccc(-n2cnnc2SCC(=O)Nc2cnc3c(cnn3C(C)C)c2)cc1Cl. The van der Waals surface area contributed by atoms with Gasteiger partial charge in [-0.2, -0.15) is 5.10 Å². The number of aryl methyl sites for hydroxylation is 1. The van der Waals surface area contributed by atoms with Gasteiger partial charge >= 0.3 is 0 Å². The van der Waals surface area contributed by atoms with Crippen molar-refractivity contribution in [2.24, 2.45) is 0 Å². The third-order valence-corrected chi connectivity index (χ3v) is 5.84. The van der Waals surface area contributed by atoms with E-state index in [9.17, 15) is 4.79 Å². The lowest BCUT2D eigenvalue weighted by Crippen LogP contribution is -2.14. The van der Waals surface area contributed by atoms with Crippen molar-refractivity contribution < 1.29 is 4.79 Å². The lowest BCUT2D eigenvalue weighted by molar-refractivity contribution is -0.113. The number of benzene rings is 1. The van der Waals surface area contributed by atoms with Gasteiger partial charge in [0.05, 0.1) is 29.5 Å². The molecule has 4 rings (SSSR count). The maximum Gasteiger partial charge on any atom is 0.234 e. The molecule has 0 saturated heterocycles. The number of rotatable bonds is 6. The van der Waals surface area contributed by atoms with Gasteiger partial charge in [0, 0.05) is 16.5 Å². The minimum atomic E-state index is -0.158. The van der Waals surface area contributed by atoms with Crippen molar-refractivity contribution in [3.05, 3.63) is 53.6 Å². The Morgan fingerprint density at radius 3 is 2.87 bits per heavy atom. The molecule has 0 unspecified atom stereocenters. The van der Waals surface area contributed by atoms with Gasteiger partial charge in [-0.05, 0) is 44.5 Å². The Labute approximate surface area is 182 Å². The Bertz CT molecular complexity index is 1220. The van der Waals surface area contributed by atoms with Crippen molar-refractivity contribution in [1.82, 2.24) is 29.5 Å². The number of carbonyl (C=O) groups is 1. The van der Waals surface area contributed by atoms with Crippen LogP contribution in [0.15, 0.2) is 48.1 Å². The summed E-state index contributed by atoms with van der Waals surface area (Å²) in [6, 6.07) is 7.81. The van der Waals surface area contributed by atoms with Crippen LogP contribution in [0.3, 0.4) is 0 Å². The lowest BCUT2D eigenvalue weighted by Gasteiger charge is -2.09. The summed E-state index contributed by atoms with van der Waals surface area (Å²) in [5.74, 6) is 0.0237. The molecule has 0 atom stereocenters. The quantitative estimate of drug-likeness (QED) is 0.449. The van der Waals surface area contributed by atoms with E-state index in [1.165, 1.54) is 11.8 Å². The van der Waals surface area contributed by atoms with Crippen LogP contribution in [0.5, 0.6) is 0 Å². The number of carbonyl (C=O) groups excluding carboxylic acids is 1. The number of aromatic nitrogens is 6. The van der Waals surface area contributed by atoms with Crippen LogP contribution < -0.4 is 5.32 Å². The average molecular weight is 442 g/mol. The predicted octanol–water partition coefficient (Wildman–Crippen LogP) is 4.29. The largest absolute Gasteiger partial charge is 0.324 e. The first-order valence-corrected chi connectivity index (χ1v) is 10.7. The van der Waals surface area contributed by atoms with Crippen LogP contribution in [-0.2, 0) is 4.79 Å². The summed E-state index contributed by atoms with van der Waals surface area (Å²) in [7, 11) is 0. The number of thioether (sulfide) groups is 1. The molecule has 0 spiro atoms. The molecule has 1 aromatic carbocycles. The van der Waals surface area contributed by atoms with E-state index in [0.717, 1.165) is 22.3 Å². The molecule has 10 heteroatoms. The molecule has 3 heterocycles. The second kappa shape index (κ2) is 8.45. The van der Waals surface area contributed by atoms with Crippen molar-refractivity contribution in [2.75, 3.05) is 11.1 Å².